The van der Waals surface area contributed by atoms with Crippen LogP contribution in [0, 0.1) is 18.6 Å². The lowest BCUT2D eigenvalue weighted by molar-refractivity contribution is 0.356. The van der Waals surface area contributed by atoms with Crippen LogP contribution in [0.5, 0.6) is 5.75 Å². The molecule has 144 valence electrons. The second kappa shape index (κ2) is 7.24. The minimum absolute atomic E-state index is 0.0315. The number of fused-ring (bicyclic) bond motifs is 1. The molecule has 2 heterocycles. The van der Waals surface area contributed by atoms with Crippen LogP contribution in [-0.4, -0.2) is 16.2 Å². The van der Waals surface area contributed by atoms with Crippen molar-refractivity contribution in [2.45, 2.75) is 19.9 Å². The fourth-order valence-corrected chi connectivity index (χ4v) is 3.31. The summed E-state index contributed by atoms with van der Waals surface area (Å²) >= 11 is 5.83. The van der Waals surface area contributed by atoms with Gasteiger partial charge in [-0.2, -0.15) is 9.37 Å². The van der Waals surface area contributed by atoms with Crippen LogP contribution < -0.4 is 15.6 Å². The molecular weight excluding hydrogens is 388 g/mol. The van der Waals surface area contributed by atoms with Gasteiger partial charge in [-0.25, -0.2) is 4.39 Å². The Balaban J connectivity index is 1.71. The van der Waals surface area contributed by atoms with Crippen LogP contribution >= 0.6 is 11.6 Å². The molecule has 0 aliphatic carbocycles. The number of hydrogen-bond donors (Lipinski definition) is 1. The molecule has 3 aromatic rings. The van der Waals surface area contributed by atoms with Gasteiger partial charge < -0.3 is 14.6 Å². The van der Waals surface area contributed by atoms with Crippen molar-refractivity contribution in [1.29, 1.82) is 0 Å². The molecule has 1 aromatic heterocycles. The van der Waals surface area contributed by atoms with Gasteiger partial charge in [0, 0.05) is 18.3 Å². The number of aryl methyl sites for hydroxylation is 1. The van der Waals surface area contributed by atoms with Gasteiger partial charge in [0.1, 0.15) is 11.6 Å². The number of nitrogens with zero attached hydrogens (tertiary/aromatic N) is 2. The Morgan fingerprint density at radius 3 is 2.86 bits per heavy atom. The molecule has 0 atom stereocenters. The molecular formula is C20H16ClF2N3O2. The highest BCUT2D eigenvalue weighted by Gasteiger charge is 2.16. The molecule has 1 N–H and O–H groups in total. The van der Waals surface area contributed by atoms with E-state index in [1.165, 1.54) is 16.7 Å². The third kappa shape index (κ3) is 3.57. The standard InChI is InChI=1S/C20H16ClF2N3O2/c1-11-6-18-13(4-5-28-18)8-17(11)24-20-25-19(27)16(23)10-26(20)9-12-2-3-15(22)14(21)7-12/h2-3,6-8,10H,4-5,9H2,1H3,(H,24,25,27). The number of halogens is 3. The van der Waals surface area contributed by atoms with Crippen LogP contribution in [0.3, 0.4) is 0 Å². The average Bonchev–Trinajstić information content (AvgIpc) is 3.09. The Labute approximate surface area is 164 Å². The highest BCUT2D eigenvalue weighted by molar-refractivity contribution is 6.30. The normalized spacial score (nSPS) is 12.6. The molecule has 1 aliphatic rings. The quantitative estimate of drug-likeness (QED) is 0.709. The number of ether oxygens (including phenoxy) is 1. The summed E-state index contributed by atoms with van der Waals surface area (Å²) in [5, 5.41) is 3.08. The number of benzene rings is 2. The Morgan fingerprint density at radius 2 is 2.07 bits per heavy atom. The summed E-state index contributed by atoms with van der Waals surface area (Å²) < 4.78 is 34.3. The molecule has 0 saturated heterocycles. The predicted octanol–water partition coefficient (Wildman–Crippen LogP) is 4.21. The summed E-state index contributed by atoms with van der Waals surface area (Å²) in [5.41, 5.74) is 2.37. The monoisotopic (exact) mass is 403 g/mol. The molecule has 0 radical (unpaired) electrons. The van der Waals surface area contributed by atoms with E-state index in [1.807, 2.05) is 19.1 Å². The molecule has 5 nitrogen and oxygen atoms in total. The lowest BCUT2D eigenvalue weighted by atomic mass is 10.1. The molecule has 0 spiro atoms. The fourth-order valence-electron chi connectivity index (χ4n) is 3.10. The van der Waals surface area contributed by atoms with Gasteiger partial charge in [-0.15, -0.1) is 0 Å². The first-order chi connectivity index (χ1) is 13.4. The van der Waals surface area contributed by atoms with E-state index < -0.39 is 17.2 Å². The smallest absolute Gasteiger partial charge is 0.310 e. The number of rotatable bonds is 4. The van der Waals surface area contributed by atoms with E-state index in [0.717, 1.165) is 35.2 Å². The SMILES string of the molecule is Cc1cc2c(cc1Nc1nc(=O)c(F)cn1Cc1ccc(F)c(Cl)c1)CCO2. The lowest BCUT2D eigenvalue weighted by Crippen LogP contribution is -2.20. The lowest BCUT2D eigenvalue weighted by Gasteiger charge is -2.16. The molecule has 0 amide bonds. The minimum Gasteiger partial charge on any atom is -0.493 e. The maximum Gasteiger partial charge on any atom is 0.310 e. The Morgan fingerprint density at radius 1 is 1.25 bits per heavy atom. The Bertz CT molecular complexity index is 1130. The summed E-state index contributed by atoms with van der Waals surface area (Å²) in [5.74, 6) is -0.496. The second-order valence-corrected chi connectivity index (χ2v) is 7.00. The molecule has 2 aromatic carbocycles. The molecule has 0 unspecified atom stereocenters. The zero-order chi connectivity index (χ0) is 19.8. The van der Waals surface area contributed by atoms with Crippen LogP contribution in [0.4, 0.5) is 20.4 Å². The summed E-state index contributed by atoms with van der Waals surface area (Å²) in [6.45, 7) is 2.68. The summed E-state index contributed by atoms with van der Waals surface area (Å²) in [7, 11) is 0. The van der Waals surface area contributed by atoms with Crippen molar-refractivity contribution in [3.63, 3.8) is 0 Å². The van der Waals surface area contributed by atoms with E-state index >= 15 is 0 Å². The van der Waals surface area contributed by atoms with Gasteiger partial charge in [0.15, 0.2) is 0 Å². The van der Waals surface area contributed by atoms with Gasteiger partial charge in [-0.05, 0) is 47.9 Å². The number of hydrogen-bond acceptors (Lipinski definition) is 4. The fraction of sp³-hybridized carbons (Fsp3) is 0.200. The van der Waals surface area contributed by atoms with Gasteiger partial charge in [-0.3, -0.25) is 4.79 Å². The third-order valence-electron chi connectivity index (χ3n) is 4.57. The Kier molecular flexibility index (Phi) is 4.77. The van der Waals surface area contributed by atoms with E-state index in [2.05, 4.69) is 10.3 Å². The number of aromatic nitrogens is 2. The van der Waals surface area contributed by atoms with Crippen molar-refractivity contribution >= 4 is 23.2 Å². The zero-order valence-corrected chi connectivity index (χ0v) is 15.7. The van der Waals surface area contributed by atoms with Crippen molar-refractivity contribution < 1.29 is 13.5 Å². The van der Waals surface area contributed by atoms with Gasteiger partial charge in [0.25, 0.3) is 0 Å². The van der Waals surface area contributed by atoms with E-state index in [1.54, 1.807) is 6.07 Å². The van der Waals surface area contributed by atoms with Crippen molar-refractivity contribution in [2.75, 3.05) is 11.9 Å². The van der Waals surface area contributed by atoms with Gasteiger partial charge >= 0.3 is 5.56 Å². The van der Waals surface area contributed by atoms with E-state index in [0.29, 0.717) is 12.2 Å². The first kappa shape index (κ1) is 18.4. The van der Waals surface area contributed by atoms with Crippen molar-refractivity contribution in [3.05, 3.63) is 80.2 Å². The van der Waals surface area contributed by atoms with Gasteiger partial charge in [0.05, 0.1) is 18.2 Å². The minimum atomic E-state index is -0.974. The molecule has 0 fully saturated rings. The first-order valence-corrected chi connectivity index (χ1v) is 9.03. The van der Waals surface area contributed by atoms with Crippen LogP contribution in [0.1, 0.15) is 16.7 Å². The molecule has 1 aliphatic heterocycles. The Hall–Kier alpha value is -2.93. The van der Waals surface area contributed by atoms with Crippen molar-refractivity contribution in [3.8, 4) is 5.75 Å². The molecule has 0 saturated carbocycles. The number of anilines is 2. The summed E-state index contributed by atoms with van der Waals surface area (Å²) in [6, 6.07) is 8.08. The third-order valence-corrected chi connectivity index (χ3v) is 4.86. The molecule has 4 rings (SSSR count). The second-order valence-electron chi connectivity index (χ2n) is 6.59. The summed E-state index contributed by atoms with van der Waals surface area (Å²) in [6.07, 6.45) is 1.86. The van der Waals surface area contributed by atoms with Gasteiger partial charge in [0.2, 0.25) is 11.8 Å². The highest BCUT2D eigenvalue weighted by Crippen LogP contribution is 2.32. The van der Waals surface area contributed by atoms with Crippen LogP contribution in [0.15, 0.2) is 41.3 Å². The topological polar surface area (TPSA) is 56.2 Å². The van der Waals surface area contributed by atoms with E-state index in [-0.39, 0.29) is 17.5 Å². The van der Waals surface area contributed by atoms with Crippen molar-refractivity contribution in [2.24, 2.45) is 0 Å². The van der Waals surface area contributed by atoms with Crippen molar-refractivity contribution in [1.82, 2.24) is 9.55 Å². The first-order valence-electron chi connectivity index (χ1n) is 8.65. The average molecular weight is 404 g/mol. The molecule has 28 heavy (non-hydrogen) atoms. The summed E-state index contributed by atoms with van der Waals surface area (Å²) in [4.78, 5) is 15.6. The molecule has 8 heteroatoms. The maximum absolute atomic E-state index is 13.9. The molecule has 0 bridgehead atoms. The zero-order valence-electron chi connectivity index (χ0n) is 14.9. The van der Waals surface area contributed by atoms with Crippen LogP contribution in [0.2, 0.25) is 5.02 Å². The van der Waals surface area contributed by atoms with Gasteiger partial charge in [-0.1, -0.05) is 17.7 Å². The largest absolute Gasteiger partial charge is 0.493 e. The van der Waals surface area contributed by atoms with E-state index in [9.17, 15) is 13.6 Å². The van der Waals surface area contributed by atoms with Crippen LogP contribution in [0.25, 0.3) is 0 Å². The number of nitrogens with one attached hydrogen (secondary N) is 1. The maximum atomic E-state index is 13.9. The van der Waals surface area contributed by atoms with E-state index in [4.69, 9.17) is 16.3 Å². The predicted molar refractivity (Wildman–Crippen MR) is 103 cm³/mol. The highest BCUT2D eigenvalue weighted by atomic mass is 35.5. The van der Waals surface area contributed by atoms with Crippen LogP contribution in [-0.2, 0) is 13.0 Å².